The topological polar surface area (TPSA) is 85.4 Å². The van der Waals surface area contributed by atoms with E-state index in [0.29, 0.717) is 23.8 Å². The molecule has 0 saturated carbocycles. The number of carbonyl (C=O) groups is 1. The molecule has 148 valence electrons. The molecule has 2 saturated heterocycles. The molecule has 2 fully saturated rings. The monoisotopic (exact) mass is 389 g/mol. The highest BCUT2D eigenvalue weighted by molar-refractivity contribution is 5.87. The van der Waals surface area contributed by atoms with Crippen molar-refractivity contribution in [1.82, 2.24) is 25.0 Å². The van der Waals surface area contributed by atoms with Crippen LogP contribution in [-0.2, 0) is 4.79 Å². The Morgan fingerprint density at radius 1 is 1.21 bits per heavy atom. The number of hydrogen-bond donors (Lipinski definition) is 2. The van der Waals surface area contributed by atoms with Gasteiger partial charge in [-0.15, -0.1) is 10.2 Å². The van der Waals surface area contributed by atoms with Crippen LogP contribution >= 0.6 is 0 Å². The van der Waals surface area contributed by atoms with E-state index in [2.05, 4.69) is 32.7 Å². The van der Waals surface area contributed by atoms with E-state index in [9.17, 15) is 9.90 Å². The molecule has 5 rings (SSSR count). The molecular weight excluding hydrogens is 366 g/mol. The van der Waals surface area contributed by atoms with Gasteiger partial charge in [0.2, 0.25) is 5.91 Å². The molecule has 7 heteroatoms. The molecule has 0 aliphatic carbocycles. The van der Waals surface area contributed by atoms with Crippen LogP contribution < -0.4 is 0 Å². The zero-order valence-electron chi connectivity index (χ0n) is 16.1. The molecule has 2 atom stereocenters. The van der Waals surface area contributed by atoms with E-state index >= 15 is 0 Å². The van der Waals surface area contributed by atoms with Gasteiger partial charge in [-0.1, -0.05) is 18.7 Å². The Bertz CT molecular complexity index is 1090. The average Bonchev–Trinajstić information content (AvgIpc) is 3.30. The van der Waals surface area contributed by atoms with Crippen molar-refractivity contribution >= 4 is 16.9 Å². The predicted octanol–water partition coefficient (Wildman–Crippen LogP) is 2.52. The number of aromatic amines is 1. The van der Waals surface area contributed by atoms with Gasteiger partial charge in [0.15, 0.2) is 5.65 Å². The van der Waals surface area contributed by atoms with E-state index in [1.54, 1.807) is 12.1 Å². The minimum atomic E-state index is -0.0178. The summed E-state index contributed by atoms with van der Waals surface area (Å²) in [5, 5.41) is 19.7. The van der Waals surface area contributed by atoms with Crippen molar-refractivity contribution in [3.05, 3.63) is 54.7 Å². The molecule has 2 N–H and O–H groups in total. The van der Waals surface area contributed by atoms with Gasteiger partial charge in [0.05, 0.1) is 5.69 Å². The first-order valence-electron chi connectivity index (χ1n) is 9.94. The molecule has 0 unspecified atom stereocenters. The second kappa shape index (κ2) is 7.00. The number of phenols is 1. The second-order valence-corrected chi connectivity index (χ2v) is 7.79. The number of para-hydroxylation sites is 1. The van der Waals surface area contributed by atoms with Crippen molar-refractivity contribution in [2.24, 2.45) is 0 Å². The zero-order chi connectivity index (χ0) is 20.0. The van der Waals surface area contributed by atoms with E-state index in [0.717, 1.165) is 36.4 Å². The third kappa shape index (κ3) is 3.07. The lowest BCUT2D eigenvalue weighted by molar-refractivity contribution is -0.125. The van der Waals surface area contributed by atoms with Gasteiger partial charge in [-0.2, -0.15) is 0 Å². The first-order chi connectivity index (χ1) is 14.1. The van der Waals surface area contributed by atoms with Crippen LogP contribution in [0.3, 0.4) is 0 Å². The highest BCUT2D eigenvalue weighted by Crippen LogP contribution is 2.35. The van der Waals surface area contributed by atoms with Crippen LogP contribution in [-0.4, -0.2) is 68.2 Å². The summed E-state index contributed by atoms with van der Waals surface area (Å²) in [5.74, 6) is 0.363. The maximum atomic E-state index is 12.2. The van der Waals surface area contributed by atoms with Gasteiger partial charge >= 0.3 is 0 Å². The van der Waals surface area contributed by atoms with Gasteiger partial charge in [-0.25, -0.2) is 0 Å². The fourth-order valence-corrected chi connectivity index (χ4v) is 4.42. The fraction of sp³-hybridized carbons (Fsp3) is 0.318. The minimum Gasteiger partial charge on any atom is -0.507 e. The Hall–Kier alpha value is -3.19. The normalized spacial score (nSPS) is 22.0. The van der Waals surface area contributed by atoms with E-state index < -0.39 is 0 Å². The molecule has 2 aromatic heterocycles. The van der Waals surface area contributed by atoms with Crippen LogP contribution in [0.4, 0.5) is 0 Å². The number of nitrogens with one attached hydrogen (secondary N) is 1. The van der Waals surface area contributed by atoms with Crippen molar-refractivity contribution < 1.29 is 9.90 Å². The predicted molar refractivity (Wildman–Crippen MR) is 110 cm³/mol. The Balaban J connectivity index is 1.49. The Labute approximate surface area is 168 Å². The van der Waals surface area contributed by atoms with Gasteiger partial charge in [0, 0.05) is 41.7 Å². The summed E-state index contributed by atoms with van der Waals surface area (Å²) < 4.78 is 0. The lowest BCUT2D eigenvalue weighted by Crippen LogP contribution is -2.48. The third-order valence-corrected chi connectivity index (χ3v) is 6.11. The standard InChI is InChI=1S/C22H23N5O2/c1-2-21(29)27-12-16(19(13-27)26-8-5-9-26)17-10-14-11-18(24-25-22(14)23-17)15-6-3-4-7-20(15)28/h2-4,6-7,10-11,16,19,28H,1,5,8-9,12-13H2,(H,23,25)/t16-,19-/m1/s1. The number of aromatic nitrogens is 3. The fourth-order valence-electron chi connectivity index (χ4n) is 4.42. The molecular formula is C22H23N5O2. The summed E-state index contributed by atoms with van der Waals surface area (Å²) >= 11 is 0. The molecule has 4 heterocycles. The van der Waals surface area contributed by atoms with Gasteiger partial charge < -0.3 is 15.0 Å². The van der Waals surface area contributed by atoms with Gasteiger partial charge in [-0.05, 0) is 49.9 Å². The molecule has 29 heavy (non-hydrogen) atoms. The summed E-state index contributed by atoms with van der Waals surface area (Å²) in [6.07, 6.45) is 2.60. The second-order valence-electron chi connectivity index (χ2n) is 7.79. The van der Waals surface area contributed by atoms with Crippen LogP contribution in [0.5, 0.6) is 5.75 Å². The van der Waals surface area contributed by atoms with Gasteiger partial charge in [0.25, 0.3) is 0 Å². The number of benzene rings is 1. The molecule has 2 aliphatic rings. The number of phenolic OH excluding ortho intramolecular Hbond substituents is 1. The minimum absolute atomic E-state index is 0.0178. The lowest BCUT2D eigenvalue weighted by atomic mass is 9.96. The van der Waals surface area contributed by atoms with Crippen LogP contribution in [0, 0.1) is 0 Å². The maximum Gasteiger partial charge on any atom is 0.246 e. The van der Waals surface area contributed by atoms with Crippen molar-refractivity contribution in [3.63, 3.8) is 0 Å². The van der Waals surface area contributed by atoms with E-state index in [1.807, 2.05) is 23.1 Å². The Kier molecular flexibility index (Phi) is 4.32. The first-order valence-corrected chi connectivity index (χ1v) is 9.94. The molecule has 1 amide bonds. The molecule has 2 aliphatic heterocycles. The van der Waals surface area contributed by atoms with Crippen LogP contribution in [0.1, 0.15) is 18.0 Å². The number of aromatic hydroxyl groups is 1. The van der Waals surface area contributed by atoms with Crippen molar-refractivity contribution in [3.8, 4) is 17.0 Å². The molecule has 1 aromatic carbocycles. The number of nitrogens with zero attached hydrogens (tertiary/aromatic N) is 4. The summed E-state index contributed by atoms with van der Waals surface area (Å²) in [4.78, 5) is 19.9. The van der Waals surface area contributed by atoms with Crippen LogP contribution in [0.2, 0.25) is 0 Å². The Morgan fingerprint density at radius 2 is 2.03 bits per heavy atom. The summed E-state index contributed by atoms with van der Waals surface area (Å²) in [6, 6.07) is 11.5. The average molecular weight is 389 g/mol. The molecule has 0 radical (unpaired) electrons. The molecule has 0 bridgehead atoms. The van der Waals surface area contributed by atoms with Gasteiger partial charge in [-0.3, -0.25) is 9.69 Å². The van der Waals surface area contributed by atoms with E-state index in [4.69, 9.17) is 0 Å². The number of likely N-dealkylation sites (tertiary alicyclic amines) is 2. The van der Waals surface area contributed by atoms with Crippen LogP contribution in [0.15, 0.2) is 49.1 Å². The third-order valence-electron chi connectivity index (χ3n) is 6.11. The molecule has 7 nitrogen and oxygen atoms in total. The highest BCUT2D eigenvalue weighted by atomic mass is 16.3. The largest absolute Gasteiger partial charge is 0.507 e. The summed E-state index contributed by atoms with van der Waals surface area (Å²) in [5.41, 5.74) is 3.08. The van der Waals surface area contributed by atoms with Crippen molar-refractivity contribution in [2.75, 3.05) is 26.2 Å². The lowest BCUT2D eigenvalue weighted by Gasteiger charge is -2.38. The molecule has 3 aromatic rings. The number of H-pyrrole nitrogens is 1. The summed E-state index contributed by atoms with van der Waals surface area (Å²) in [6.45, 7) is 7.18. The Morgan fingerprint density at radius 3 is 2.76 bits per heavy atom. The number of hydrogen-bond acceptors (Lipinski definition) is 5. The maximum absolute atomic E-state index is 12.2. The quantitative estimate of drug-likeness (QED) is 0.670. The van der Waals surface area contributed by atoms with Gasteiger partial charge in [0.1, 0.15) is 5.75 Å². The van der Waals surface area contributed by atoms with E-state index in [-0.39, 0.29) is 17.6 Å². The van der Waals surface area contributed by atoms with E-state index in [1.165, 1.54) is 12.5 Å². The molecule has 0 spiro atoms. The number of amides is 1. The number of fused-ring (bicyclic) bond motifs is 1. The van der Waals surface area contributed by atoms with Crippen molar-refractivity contribution in [1.29, 1.82) is 0 Å². The van der Waals surface area contributed by atoms with Crippen molar-refractivity contribution in [2.45, 2.75) is 18.4 Å². The van der Waals surface area contributed by atoms with Crippen LogP contribution in [0.25, 0.3) is 22.3 Å². The summed E-state index contributed by atoms with van der Waals surface area (Å²) in [7, 11) is 0. The first kappa shape index (κ1) is 17.9. The highest BCUT2D eigenvalue weighted by Gasteiger charge is 2.41. The zero-order valence-corrected chi connectivity index (χ0v) is 16.1. The SMILES string of the molecule is C=CC(=O)N1C[C@H](c2cc3cc(-c4ccccc4O)nnc3[nH]2)[C@H](N2CCC2)C1. The number of rotatable bonds is 4. The number of carbonyl (C=O) groups excluding carboxylic acids is 1. The smallest absolute Gasteiger partial charge is 0.246 e.